The van der Waals surface area contributed by atoms with Crippen molar-refractivity contribution in [2.75, 3.05) is 5.32 Å². The van der Waals surface area contributed by atoms with E-state index in [-0.39, 0.29) is 5.12 Å². The number of anilines is 1. The van der Waals surface area contributed by atoms with Gasteiger partial charge in [0.25, 0.3) is 0 Å². The van der Waals surface area contributed by atoms with Crippen molar-refractivity contribution < 1.29 is 4.79 Å². The normalized spacial score (nSPS) is 10.5. The van der Waals surface area contributed by atoms with Crippen LogP contribution in [-0.4, -0.2) is 15.1 Å². The molecule has 4 nitrogen and oxygen atoms in total. The lowest BCUT2D eigenvalue weighted by molar-refractivity contribution is 0.109. The van der Waals surface area contributed by atoms with Gasteiger partial charge in [0, 0.05) is 19.2 Å². The van der Waals surface area contributed by atoms with Crippen LogP contribution in [0.25, 0.3) is 0 Å². The van der Waals surface area contributed by atoms with Crippen molar-refractivity contribution in [1.29, 1.82) is 0 Å². The van der Waals surface area contributed by atoms with E-state index < -0.39 is 0 Å². The second-order valence-corrected chi connectivity index (χ2v) is 5.56. The van der Waals surface area contributed by atoms with E-state index in [2.05, 4.69) is 34.8 Å². The predicted molar refractivity (Wildman–Crippen MR) is 92.3 cm³/mol. The summed E-state index contributed by atoms with van der Waals surface area (Å²) in [6.45, 7) is 2.77. The molecule has 116 valence electrons. The van der Waals surface area contributed by atoms with Crippen LogP contribution >= 0.6 is 12.6 Å². The Balaban J connectivity index is 2.11. The van der Waals surface area contributed by atoms with Crippen LogP contribution in [0.1, 0.15) is 47.9 Å². The first kappa shape index (κ1) is 16.5. The SMILES string of the molecule is CCCCCc1ncc(C(=O)S)c(NCc2ccccc2)n1. The molecular weight excluding hydrogens is 294 g/mol. The lowest BCUT2D eigenvalue weighted by Crippen LogP contribution is -2.09. The molecule has 0 bridgehead atoms. The molecule has 1 aromatic heterocycles. The van der Waals surface area contributed by atoms with E-state index in [4.69, 9.17) is 0 Å². The monoisotopic (exact) mass is 315 g/mol. The Kier molecular flexibility index (Phi) is 6.40. The van der Waals surface area contributed by atoms with E-state index in [0.717, 1.165) is 37.1 Å². The minimum atomic E-state index is -0.323. The van der Waals surface area contributed by atoms with Crippen molar-refractivity contribution in [3.05, 3.63) is 53.5 Å². The second kappa shape index (κ2) is 8.54. The minimum absolute atomic E-state index is 0.323. The van der Waals surface area contributed by atoms with Crippen molar-refractivity contribution in [1.82, 2.24) is 9.97 Å². The Hall–Kier alpha value is -1.88. The molecule has 5 heteroatoms. The number of nitrogens with one attached hydrogen (secondary N) is 1. The third-order valence-corrected chi connectivity index (χ3v) is 3.62. The molecule has 0 amide bonds. The Morgan fingerprint density at radius 2 is 2.00 bits per heavy atom. The first-order valence-electron chi connectivity index (χ1n) is 7.57. The predicted octanol–water partition coefficient (Wildman–Crippen LogP) is 3.89. The fourth-order valence-electron chi connectivity index (χ4n) is 2.14. The third-order valence-electron chi connectivity index (χ3n) is 3.38. The van der Waals surface area contributed by atoms with Gasteiger partial charge < -0.3 is 5.32 Å². The second-order valence-electron chi connectivity index (χ2n) is 5.15. The van der Waals surface area contributed by atoms with Gasteiger partial charge in [-0.2, -0.15) is 0 Å². The molecule has 0 saturated carbocycles. The zero-order chi connectivity index (χ0) is 15.8. The lowest BCUT2D eigenvalue weighted by atomic mass is 10.2. The third kappa shape index (κ3) is 4.84. The zero-order valence-electron chi connectivity index (χ0n) is 12.7. The van der Waals surface area contributed by atoms with Crippen LogP contribution in [0.2, 0.25) is 0 Å². The molecule has 1 aromatic carbocycles. The number of aryl methyl sites for hydroxylation is 1. The van der Waals surface area contributed by atoms with Crippen molar-refractivity contribution in [3.63, 3.8) is 0 Å². The van der Waals surface area contributed by atoms with Gasteiger partial charge in [-0.3, -0.25) is 4.79 Å². The van der Waals surface area contributed by atoms with E-state index in [1.54, 1.807) is 6.20 Å². The number of aromatic nitrogens is 2. The van der Waals surface area contributed by atoms with E-state index >= 15 is 0 Å². The number of hydrogen-bond donors (Lipinski definition) is 2. The molecule has 0 radical (unpaired) electrons. The van der Waals surface area contributed by atoms with Crippen LogP contribution in [0.15, 0.2) is 36.5 Å². The summed E-state index contributed by atoms with van der Waals surface area (Å²) in [5.41, 5.74) is 1.55. The molecule has 2 aromatic rings. The van der Waals surface area contributed by atoms with Gasteiger partial charge in [0.15, 0.2) is 0 Å². The van der Waals surface area contributed by atoms with Gasteiger partial charge in [-0.1, -0.05) is 50.1 Å². The van der Waals surface area contributed by atoms with Gasteiger partial charge >= 0.3 is 0 Å². The summed E-state index contributed by atoms with van der Waals surface area (Å²) in [4.78, 5) is 20.3. The molecule has 1 N–H and O–H groups in total. The number of thiol groups is 1. The summed E-state index contributed by atoms with van der Waals surface area (Å²) in [5, 5.41) is 2.90. The van der Waals surface area contributed by atoms with E-state index in [1.165, 1.54) is 0 Å². The molecular formula is C17H21N3OS. The Morgan fingerprint density at radius 3 is 2.68 bits per heavy atom. The molecule has 0 aliphatic heterocycles. The fraction of sp³-hybridized carbons (Fsp3) is 0.353. The first-order valence-corrected chi connectivity index (χ1v) is 8.02. The topological polar surface area (TPSA) is 54.9 Å². The summed E-state index contributed by atoms with van der Waals surface area (Å²) >= 11 is 3.90. The first-order chi connectivity index (χ1) is 10.7. The molecule has 0 aliphatic rings. The smallest absolute Gasteiger partial charge is 0.221 e. The molecule has 0 spiro atoms. The van der Waals surface area contributed by atoms with Crippen molar-refractivity contribution in [2.24, 2.45) is 0 Å². The molecule has 0 atom stereocenters. The van der Waals surface area contributed by atoms with Gasteiger partial charge in [0.05, 0.1) is 5.56 Å². The van der Waals surface area contributed by atoms with Crippen LogP contribution in [0.5, 0.6) is 0 Å². The van der Waals surface area contributed by atoms with Crippen LogP contribution in [0.4, 0.5) is 5.82 Å². The molecule has 0 saturated heterocycles. The van der Waals surface area contributed by atoms with Crippen LogP contribution in [-0.2, 0) is 13.0 Å². The number of carbonyl (C=O) groups is 1. The number of unbranched alkanes of at least 4 members (excludes halogenated alkanes) is 2. The maximum atomic E-state index is 11.6. The average Bonchev–Trinajstić information content (AvgIpc) is 2.54. The Labute approximate surface area is 136 Å². The number of rotatable bonds is 8. The van der Waals surface area contributed by atoms with E-state index in [9.17, 15) is 4.79 Å². The Morgan fingerprint density at radius 1 is 1.23 bits per heavy atom. The molecule has 0 fully saturated rings. The van der Waals surface area contributed by atoms with Crippen molar-refractivity contribution >= 4 is 23.6 Å². The van der Waals surface area contributed by atoms with Crippen LogP contribution < -0.4 is 5.32 Å². The summed E-state index contributed by atoms with van der Waals surface area (Å²) in [6.07, 6.45) is 5.77. The van der Waals surface area contributed by atoms with Crippen molar-refractivity contribution in [3.8, 4) is 0 Å². The van der Waals surface area contributed by atoms with Crippen LogP contribution in [0, 0.1) is 0 Å². The largest absolute Gasteiger partial charge is 0.365 e. The quantitative estimate of drug-likeness (QED) is 0.573. The summed E-state index contributed by atoms with van der Waals surface area (Å²) in [5.74, 6) is 1.33. The van der Waals surface area contributed by atoms with Crippen molar-refractivity contribution in [2.45, 2.75) is 39.2 Å². The molecule has 22 heavy (non-hydrogen) atoms. The van der Waals surface area contributed by atoms with E-state index in [0.29, 0.717) is 17.9 Å². The highest BCUT2D eigenvalue weighted by atomic mass is 32.1. The minimum Gasteiger partial charge on any atom is -0.365 e. The fourth-order valence-corrected chi connectivity index (χ4v) is 2.31. The highest BCUT2D eigenvalue weighted by Crippen LogP contribution is 2.16. The van der Waals surface area contributed by atoms with Gasteiger partial charge in [-0.25, -0.2) is 9.97 Å². The molecule has 1 heterocycles. The Bertz CT molecular complexity index is 617. The molecule has 0 unspecified atom stereocenters. The summed E-state index contributed by atoms with van der Waals surface area (Å²) in [7, 11) is 0. The average molecular weight is 315 g/mol. The van der Waals surface area contributed by atoms with E-state index in [1.807, 2.05) is 30.3 Å². The standard InChI is InChI=1S/C17H21N3OS/c1-2-3-5-10-15-18-12-14(17(21)22)16(20-15)19-11-13-8-6-4-7-9-13/h4,6-9,12H,2-3,5,10-11H2,1H3,(H,21,22)(H,18,19,20). The maximum absolute atomic E-state index is 11.6. The zero-order valence-corrected chi connectivity index (χ0v) is 13.6. The number of benzene rings is 1. The van der Waals surface area contributed by atoms with Gasteiger partial charge in [0.2, 0.25) is 5.12 Å². The van der Waals surface area contributed by atoms with Gasteiger partial charge in [-0.15, -0.1) is 12.6 Å². The highest BCUT2D eigenvalue weighted by Gasteiger charge is 2.11. The highest BCUT2D eigenvalue weighted by molar-refractivity contribution is 7.97. The number of carbonyl (C=O) groups excluding carboxylic acids is 1. The van der Waals surface area contributed by atoms with Gasteiger partial charge in [0.1, 0.15) is 11.6 Å². The molecule has 2 rings (SSSR count). The number of hydrogen-bond acceptors (Lipinski definition) is 4. The van der Waals surface area contributed by atoms with Crippen LogP contribution in [0.3, 0.4) is 0 Å². The maximum Gasteiger partial charge on any atom is 0.221 e. The van der Waals surface area contributed by atoms with Gasteiger partial charge in [-0.05, 0) is 12.0 Å². The summed E-state index contributed by atoms with van der Waals surface area (Å²) in [6, 6.07) is 10.00. The molecule has 0 aliphatic carbocycles. The lowest BCUT2D eigenvalue weighted by Gasteiger charge is -2.10. The summed E-state index contributed by atoms with van der Waals surface area (Å²) < 4.78 is 0. The number of nitrogens with zero attached hydrogens (tertiary/aromatic N) is 2.